The van der Waals surface area contributed by atoms with E-state index in [1.54, 1.807) is 42.7 Å². The first-order chi connectivity index (χ1) is 11.5. The van der Waals surface area contributed by atoms with Gasteiger partial charge in [-0.25, -0.2) is 0 Å². The molecule has 1 aromatic carbocycles. The summed E-state index contributed by atoms with van der Waals surface area (Å²) in [6.07, 6.45) is 5.10. The number of hydrogen-bond acceptors (Lipinski definition) is 4. The Hall–Kier alpha value is -2.24. The van der Waals surface area contributed by atoms with Crippen LogP contribution >= 0.6 is 23.4 Å². The van der Waals surface area contributed by atoms with E-state index in [-0.39, 0.29) is 17.7 Å². The second kappa shape index (κ2) is 7.11. The summed E-state index contributed by atoms with van der Waals surface area (Å²) in [4.78, 5) is 26.2. The summed E-state index contributed by atoms with van der Waals surface area (Å²) in [5.74, 6) is 0.413. The van der Waals surface area contributed by atoms with E-state index in [9.17, 15) is 9.59 Å². The molecule has 0 spiro atoms. The van der Waals surface area contributed by atoms with Crippen LogP contribution in [0.25, 0.3) is 6.08 Å². The average molecular weight is 360 g/mol. The average Bonchev–Trinajstić information content (AvgIpc) is 3.13. The summed E-state index contributed by atoms with van der Waals surface area (Å²) in [6, 6.07) is 10.7. The van der Waals surface area contributed by atoms with Gasteiger partial charge in [-0.1, -0.05) is 23.7 Å². The van der Waals surface area contributed by atoms with Crippen LogP contribution in [0, 0.1) is 0 Å². The number of furan rings is 1. The van der Waals surface area contributed by atoms with Crippen molar-refractivity contribution in [3.63, 3.8) is 0 Å². The number of carbonyl (C=O) groups is 2. The number of imide groups is 1. The molecule has 0 N–H and O–H groups in total. The Morgan fingerprint density at radius 3 is 2.67 bits per heavy atom. The minimum absolute atomic E-state index is 0.236. The number of rotatable bonds is 4. The van der Waals surface area contributed by atoms with Gasteiger partial charge < -0.3 is 4.42 Å². The van der Waals surface area contributed by atoms with Crippen LogP contribution in [0.3, 0.4) is 0 Å². The minimum atomic E-state index is -0.285. The monoisotopic (exact) mass is 359 g/mol. The van der Waals surface area contributed by atoms with Crippen molar-refractivity contribution in [2.24, 2.45) is 0 Å². The third kappa shape index (κ3) is 3.80. The Kier molecular flexibility index (Phi) is 4.92. The highest BCUT2D eigenvalue weighted by Crippen LogP contribution is 2.33. The molecule has 1 aromatic heterocycles. The summed E-state index contributed by atoms with van der Waals surface area (Å²) < 4.78 is 5.24. The number of amides is 2. The number of allylic oxidation sites excluding steroid dienone is 2. The molecule has 2 amide bonds. The second-order valence-corrected chi connectivity index (χ2v) is 6.73. The van der Waals surface area contributed by atoms with Crippen LogP contribution in [0.1, 0.15) is 18.2 Å². The number of halogens is 1. The van der Waals surface area contributed by atoms with Crippen molar-refractivity contribution in [1.82, 2.24) is 4.90 Å². The van der Waals surface area contributed by atoms with Gasteiger partial charge in [-0.15, -0.1) is 0 Å². The number of benzene rings is 1. The van der Waals surface area contributed by atoms with Crippen molar-refractivity contribution in [3.8, 4) is 0 Å². The summed E-state index contributed by atoms with van der Waals surface area (Å²) >= 11 is 6.80. The van der Waals surface area contributed by atoms with E-state index in [1.807, 2.05) is 19.1 Å². The lowest BCUT2D eigenvalue weighted by atomic mass is 10.2. The Morgan fingerprint density at radius 2 is 2.00 bits per heavy atom. The molecule has 0 unspecified atom stereocenters. The Bertz CT molecular complexity index is 822. The summed E-state index contributed by atoms with van der Waals surface area (Å²) in [5.41, 5.74) is 1.69. The van der Waals surface area contributed by atoms with Gasteiger partial charge in [-0.3, -0.25) is 14.5 Å². The van der Waals surface area contributed by atoms with Crippen molar-refractivity contribution >= 4 is 40.6 Å². The predicted molar refractivity (Wildman–Crippen MR) is 95.4 cm³/mol. The van der Waals surface area contributed by atoms with Crippen LogP contribution in [-0.2, 0) is 11.3 Å². The molecule has 0 atom stereocenters. The molecule has 0 radical (unpaired) electrons. The quantitative estimate of drug-likeness (QED) is 0.711. The van der Waals surface area contributed by atoms with E-state index >= 15 is 0 Å². The van der Waals surface area contributed by atoms with Gasteiger partial charge in [-0.2, -0.15) is 0 Å². The van der Waals surface area contributed by atoms with E-state index in [1.165, 1.54) is 4.90 Å². The fourth-order valence-corrected chi connectivity index (χ4v) is 3.27. The fourth-order valence-electron chi connectivity index (χ4n) is 2.25. The third-order valence-electron chi connectivity index (χ3n) is 3.40. The van der Waals surface area contributed by atoms with Crippen LogP contribution in [0.4, 0.5) is 4.79 Å². The minimum Gasteiger partial charge on any atom is -0.465 e. The van der Waals surface area contributed by atoms with E-state index in [0.29, 0.717) is 15.7 Å². The number of carbonyl (C=O) groups excluding carboxylic acids is 2. The largest absolute Gasteiger partial charge is 0.465 e. The zero-order valence-electron chi connectivity index (χ0n) is 12.9. The van der Waals surface area contributed by atoms with Gasteiger partial charge in [-0.05, 0) is 66.2 Å². The molecule has 1 saturated heterocycles. The number of thioether (sulfide) groups is 1. The Balaban J connectivity index is 1.76. The van der Waals surface area contributed by atoms with Crippen molar-refractivity contribution in [1.29, 1.82) is 0 Å². The molecule has 0 saturated carbocycles. The van der Waals surface area contributed by atoms with Crippen molar-refractivity contribution in [2.45, 2.75) is 13.5 Å². The molecular weight excluding hydrogens is 346 g/mol. The van der Waals surface area contributed by atoms with E-state index in [2.05, 4.69) is 0 Å². The second-order valence-electron chi connectivity index (χ2n) is 5.30. The number of nitrogens with zero attached hydrogens (tertiary/aromatic N) is 1. The van der Waals surface area contributed by atoms with Crippen LogP contribution in [0.5, 0.6) is 0 Å². The molecule has 1 fully saturated rings. The number of hydrogen-bond donors (Lipinski definition) is 0. The lowest BCUT2D eigenvalue weighted by Crippen LogP contribution is -2.27. The summed E-state index contributed by atoms with van der Waals surface area (Å²) in [5, 5.41) is 0.346. The van der Waals surface area contributed by atoms with Gasteiger partial charge in [0.2, 0.25) is 0 Å². The highest BCUT2D eigenvalue weighted by atomic mass is 35.5. The van der Waals surface area contributed by atoms with Gasteiger partial charge in [0.05, 0.1) is 17.7 Å². The summed E-state index contributed by atoms with van der Waals surface area (Å²) in [7, 11) is 0. The maximum absolute atomic E-state index is 12.5. The van der Waals surface area contributed by atoms with Gasteiger partial charge in [0, 0.05) is 5.02 Å². The molecular formula is C18H14ClNO3S. The molecule has 6 heteroatoms. The van der Waals surface area contributed by atoms with Crippen LogP contribution in [0.15, 0.2) is 63.6 Å². The fraction of sp³-hybridized carbons (Fsp3) is 0.111. The first-order valence-electron chi connectivity index (χ1n) is 7.24. The van der Waals surface area contributed by atoms with Gasteiger partial charge >= 0.3 is 0 Å². The van der Waals surface area contributed by atoms with E-state index in [4.69, 9.17) is 16.0 Å². The van der Waals surface area contributed by atoms with E-state index < -0.39 is 0 Å². The highest BCUT2D eigenvalue weighted by molar-refractivity contribution is 8.18. The van der Waals surface area contributed by atoms with Gasteiger partial charge in [0.15, 0.2) is 0 Å². The molecule has 4 nitrogen and oxygen atoms in total. The molecule has 24 heavy (non-hydrogen) atoms. The standard InChI is InChI=1S/C18H14ClNO3S/c1-12(9-15-3-2-8-23-15)10-16-17(21)20(18(22)24-16)11-13-4-6-14(19)7-5-13/h2-10H,11H2,1H3/b12-9+,16-10-. The molecule has 3 rings (SSSR count). The van der Waals surface area contributed by atoms with Crippen molar-refractivity contribution < 1.29 is 14.0 Å². The normalized spacial score (nSPS) is 17.2. The summed E-state index contributed by atoms with van der Waals surface area (Å²) in [6.45, 7) is 2.09. The molecule has 0 bridgehead atoms. The molecule has 122 valence electrons. The topological polar surface area (TPSA) is 50.5 Å². The lowest BCUT2D eigenvalue weighted by Gasteiger charge is -2.12. The van der Waals surface area contributed by atoms with E-state index in [0.717, 1.165) is 22.9 Å². The molecule has 2 heterocycles. The Morgan fingerprint density at radius 1 is 1.25 bits per heavy atom. The van der Waals surface area contributed by atoms with Crippen LogP contribution in [0.2, 0.25) is 5.02 Å². The zero-order chi connectivity index (χ0) is 17.1. The maximum atomic E-state index is 12.5. The first-order valence-corrected chi connectivity index (χ1v) is 8.44. The SMILES string of the molecule is CC(/C=C1\SC(=O)N(Cc2ccc(Cl)cc2)C1=O)=C\c1ccco1. The van der Waals surface area contributed by atoms with Crippen LogP contribution in [-0.4, -0.2) is 16.0 Å². The highest BCUT2D eigenvalue weighted by Gasteiger charge is 2.34. The van der Waals surface area contributed by atoms with Gasteiger partial charge in [0.25, 0.3) is 11.1 Å². The predicted octanol–water partition coefficient (Wildman–Crippen LogP) is 5.12. The zero-order valence-corrected chi connectivity index (χ0v) is 14.4. The van der Waals surface area contributed by atoms with Gasteiger partial charge in [0.1, 0.15) is 5.76 Å². The smallest absolute Gasteiger partial charge is 0.293 e. The molecule has 1 aliphatic rings. The van der Waals surface area contributed by atoms with Crippen LogP contribution < -0.4 is 0 Å². The van der Waals surface area contributed by atoms with Crippen molar-refractivity contribution in [3.05, 3.63) is 75.6 Å². The molecule has 1 aliphatic heterocycles. The first kappa shape index (κ1) is 16.6. The van der Waals surface area contributed by atoms with Crippen molar-refractivity contribution in [2.75, 3.05) is 0 Å². The Labute approximate surface area is 148 Å². The maximum Gasteiger partial charge on any atom is 0.293 e. The lowest BCUT2D eigenvalue weighted by molar-refractivity contribution is -0.123. The third-order valence-corrected chi connectivity index (χ3v) is 4.56. The molecule has 0 aliphatic carbocycles. The molecule has 2 aromatic rings.